The maximum absolute atomic E-state index is 11.5. The maximum atomic E-state index is 11.5. The second-order valence-electron chi connectivity index (χ2n) is 3.17. The lowest BCUT2D eigenvalue weighted by atomic mass is 10.2. The van der Waals surface area contributed by atoms with Gasteiger partial charge in [-0.3, -0.25) is 9.59 Å². The molecule has 5 heteroatoms. The SMILES string of the molecule is O=CNc1ccc(C(=O)NCCCO)cc1. The van der Waals surface area contributed by atoms with E-state index in [1.165, 1.54) is 0 Å². The number of aliphatic hydroxyl groups is 1. The highest BCUT2D eigenvalue weighted by molar-refractivity contribution is 5.94. The molecule has 0 saturated carbocycles. The quantitative estimate of drug-likeness (QED) is 0.480. The highest BCUT2D eigenvalue weighted by atomic mass is 16.3. The highest BCUT2D eigenvalue weighted by Crippen LogP contribution is 2.08. The molecular formula is C11H14N2O3. The molecule has 1 aromatic rings. The average Bonchev–Trinajstić information content (AvgIpc) is 2.30. The second kappa shape index (κ2) is 6.58. The van der Waals surface area contributed by atoms with Crippen molar-refractivity contribution in [2.24, 2.45) is 0 Å². The number of benzene rings is 1. The predicted molar refractivity (Wildman–Crippen MR) is 60.2 cm³/mol. The second-order valence-corrected chi connectivity index (χ2v) is 3.17. The van der Waals surface area contributed by atoms with Gasteiger partial charge in [-0.2, -0.15) is 0 Å². The minimum Gasteiger partial charge on any atom is -0.396 e. The number of hydrogen-bond acceptors (Lipinski definition) is 3. The number of carbonyl (C=O) groups is 2. The van der Waals surface area contributed by atoms with Crippen LogP contribution in [0.4, 0.5) is 5.69 Å². The minimum absolute atomic E-state index is 0.0580. The van der Waals surface area contributed by atoms with Gasteiger partial charge in [0.25, 0.3) is 5.91 Å². The number of amides is 2. The fraction of sp³-hybridized carbons (Fsp3) is 0.273. The van der Waals surface area contributed by atoms with E-state index in [4.69, 9.17) is 5.11 Å². The number of rotatable bonds is 6. The summed E-state index contributed by atoms with van der Waals surface area (Å²) in [5.41, 5.74) is 1.16. The Bertz CT molecular complexity index is 349. The third kappa shape index (κ3) is 3.70. The minimum atomic E-state index is -0.189. The molecule has 3 N–H and O–H groups in total. The fourth-order valence-electron chi connectivity index (χ4n) is 1.17. The third-order valence-corrected chi connectivity index (χ3v) is 1.99. The lowest BCUT2D eigenvalue weighted by molar-refractivity contribution is -0.105. The number of nitrogens with one attached hydrogen (secondary N) is 2. The van der Waals surface area contributed by atoms with Gasteiger partial charge < -0.3 is 15.7 Å². The zero-order chi connectivity index (χ0) is 11.8. The lowest BCUT2D eigenvalue weighted by Gasteiger charge is -2.04. The first-order valence-electron chi connectivity index (χ1n) is 4.97. The molecule has 0 aliphatic carbocycles. The molecule has 5 nitrogen and oxygen atoms in total. The van der Waals surface area contributed by atoms with Crippen LogP contribution in [-0.2, 0) is 4.79 Å². The van der Waals surface area contributed by atoms with Gasteiger partial charge >= 0.3 is 0 Å². The number of aliphatic hydroxyl groups excluding tert-OH is 1. The van der Waals surface area contributed by atoms with Crippen molar-refractivity contribution < 1.29 is 14.7 Å². The monoisotopic (exact) mass is 222 g/mol. The molecule has 1 rings (SSSR count). The van der Waals surface area contributed by atoms with Gasteiger partial charge in [0.05, 0.1) is 0 Å². The van der Waals surface area contributed by atoms with Crippen LogP contribution in [0.2, 0.25) is 0 Å². The van der Waals surface area contributed by atoms with Crippen molar-refractivity contribution in [2.75, 3.05) is 18.5 Å². The summed E-state index contributed by atoms with van der Waals surface area (Å²) >= 11 is 0. The molecular weight excluding hydrogens is 208 g/mol. The standard InChI is InChI=1S/C11H14N2O3/c14-7-1-6-12-11(16)9-2-4-10(5-3-9)13-8-15/h2-5,8,14H,1,6-7H2,(H,12,16)(H,13,15). The van der Waals surface area contributed by atoms with Crippen LogP contribution in [0.25, 0.3) is 0 Å². The van der Waals surface area contributed by atoms with Gasteiger partial charge in [-0.05, 0) is 30.7 Å². The Labute approximate surface area is 93.5 Å². The van der Waals surface area contributed by atoms with Crippen LogP contribution in [-0.4, -0.2) is 30.6 Å². The molecule has 0 radical (unpaired) electrons. The summed E-state index contributed by atoms with van der Waals surface area (Å²) in [6.45, 7) is 0.506. The van der Waals surface area contributed by atoms with Gasteiger partial charge in [0, 0.05) is 24.4 Å². The van der Waals surface area contributed by atoms with E-state index in [1.54, 1.807) is 24.3 Å². The van der Waals surface area contributed by atoms with Gasteiger partial charge in [-0.1, -0.05) is 0 Å². The van der Waals surface area contributed by atoms with Crippen LogP contribution < -0.4 is 10.6 Å². The van der Waals surface area contributed by atoms with E-state index < -0.39 is 0 Å². The normalized spacial score (nSPS) is 9.56. The topological polar surface area (TPSA) is 78.4 Å². The zero-order valence-corrected chi connectivity index (χ0v) is 8.77. The number of hydrogen-bond donors (Lipinski definition) is 3. The Morgan fingerprint density at radius 3 is 2.56 bits per heavy atom. The van der Waals surface area contributed by atoms with Crippen molar-refractivity contribution in [1.29, 1.82) is 0 Å². The van der Waals surface area contributed by atoms with E-state index in [0.717, 1.165) is 0 Å². The number of carbonyl (C=O) groups excluding carboxylic acids is 2. The van der Waals surface area contributed by atoms with Gasteiger partial charge in [0.1, 0.15) is 0 Å². The van der Waals surface area contributed by atoms with Crippen molar-refractivity contribution >= 4 is 18.0 Å². The molecule has 2 amide bonds. The lowest BCUT2D eigenvalue weighted by Crippen LogP contribution is -2.24. The van der Waals surface area contributed by atoms with E-state index in [2.05, 4.69) is 10.6 Å². The molecule has 0 atom stereocenters. The molecule has 0 heterocycles. The smallest absolute Gasteiger partial charge is 0.251 e. The Balaban J connectivity index is 2.52. The average molecular weight is 222 g/mol. The van der Waals surface area contributed by atoms with Crippen molar-refractivity contribution in [3.8, 4) is 0 Å². The molecule has 86 valence electrons. The molecule has 0 bridgehead atoms. The highest BCUT2D eigenvalue weighted by Gasteiger charge is 2.03. The van der Waals surface area contributed by atoms with Crippen LogP contribution in [0.15, 0.2) is 24.3 Å². The fourth-order valence-corrected chi connectivity index (χ4v) is 1.17. The van der Waals surface area contributed by atoms with E-state index in [-0.39, 0.29) is 12.5 Å². The van der Waals surface area contributed by atoms with Gasteiger partial charge in [0.2, 0.25) is 6.41 Å². The van der Waals surface area contributed by atoms with Crippen molar-refractivity contribution in [2.45, 2.75) is 6.42 Å². The van der Waals surface area contributed by atoms with Crippen LogP contribution in [0.1, 0.15) is 16.8 Å². The summed E-state index contributed by atoms with van der Waals surface area (Å²) < 4.78 is 0. The largest absolute Gasteiger partial charge is 0.396 e. The molecule has 0 fully saturated rings. The van der Waals surface area contributed by atoms with E-state index in [9.17, 15) is 9.59 Å². The Morgan fingerprint density at radius 1 is 1.31 bits per heavy atom. The molecule has 0 aliphatic heterocycles. The van der Waals surface area contributed by atoms with Crippen LogP contribution in [0, 0.1) is 0 Å². The first-order valence-corrected chi connectivity index (χ1v) is 4.97. The molecule has 1 aromatic carbocycles. The van der Waals surface area contributed by atoms with Crippen molar-refractivity contribution in [3.05, 3.63) is 29.8 Å². The third-order valence-electron chi connectivity index (χ3n) is 1.99. The molecule has 0 saturated heterocycles. The summed E-state index contributed by atoms with van der Waals surface area (Å²) in [4.78, 5) is 21.7. The Hall–Kier alpha value is -1.88. The molecule has 0 unspecified atom stereocenters. The van der Waals surface area contributed by atoms with Crippen LogP contribution in [0.5, 0.6) is 0 Å². The first kappa shape index (κ1) is 12.2. The van der Waals surface area contributed by atoms with Crippen LogP contribution >= 0.6 is 0 Å². The molecule has 0 spiro atoms. The molecule has 16 heavy (non-hydrogen) atoms. The van der Waals surface area contributed by atoms with E-state index in [0.29, 0.717) is 30.6 Å². The van der Waals surface area contributed by atoms with Gasteiger partial charge in [-0.25, -0.2) is 0 Å². The summed E-state index contributed by atoms with van der Waals surface area (Å²) in [5, 5.41) is 13.7. The zero-order valence-electron chi connectivity index (χ0n) is 8.77. The number of anilines is 1. The summed E-state index contributed by atoms with van der Waals surface area (Å²) in [7, 11) is 0. The van der Waals surface area contributed by atoms with Crippen molar-refractivity contribution in [3.63, 3.8) is 0 Å². The van der Waals surface area contributed by atoms with Gasteiger partial charge in [-0.15, -0.1) is 0 Å². The van der Waals surface area contributed by atoms with Crippen LogP contribution in [0.3, 0.4) is 0 Å². The summed E-state index contributed by atoms with van der Waals surface area (Å²) in [6, 6.07) is 6.55. The summed E-state index contributed by atoms with van der Waals surface area (Å²) in [5.74, 6) is -0.189. The first-order chi connectivity index (χ1) is 7.77. The maximum Gasteiger partial charge on any atom is 0.251 e. The van der Waals surface area contributed by atoms with E-state index in [1.807, 2.05) is 0 Å². The van der Waals surface area contributed by atoms with E-state index >= 15 is 0 Å². The predicted octanol–water partition coefficient (Wildman–Crippen LogP) is 0.367. The Kier molecular flexibility index (Phi) is 5.01. The molecule has 0 aliphatic rings. The Morgan fingerprint density at radius 2 is 2.00 bits per heavy atom. The van der Waals surface area contributed by atoms with Gasteiger partial charge in [0.15, 0.2) is 0 Å². The summed E-state index contributed by atoms with van der Waals surface area (Å²) in [6.07, 6.45) is 1.12. The van der Waals surface area contributed by atoms with Crippen molar-refractivity contribution in [1.82, 2.24) is 5.32 Å². The molecule has 0 aromatic heterocycles.